The molecule has 0 bridgehead atoms. The van der Waals surface area contributed by atoms with E-state index in [1.165, 1.54) is 19.3 Å². The molecule has 3 heteroatoms. The van der Waals surface area contributed by atoms with Gasteiger partial charge in [0.2, 0.25) is 5.91 Å². The minimum Gasteiger partial charge on any atom is -0.326 e. The highest BCUT2D eigenvalue weighted by atomic mass is 16.2. The Labute approximate surface area is 111 Å². The van der Waals surface area contributed by atoms with Gasteiger partial charge in [-0.05, 0) is 31.1 Å². The summed E-state index contributed by atoms with van der Waals surface area (Å²) in [6.07, 6.45) is 7.42. The number of nitrogens with zero attached hydrogens (tertiary/aromatic N) is 1. The maximum atomic E-state index is 12.4. The van der Waals surface area contributed by atoms with Crippen molar-refractivity contribution in [2.75, 3.05) is 6.54 Å². The van der Waals surface area contributed by atoms with Gasteiger partial charge in [-0.25, -0.2) is 0 Å². The topological polar surface area (TPSA) is 32.3 Å². The van der Waals surface area contributed by atoms with Crippen molar-refractivity contribution in [3.63, 3.8) is 0 Å². The molecule has 2 rings (SSSR count). The molecule has 4 atom stereocenters. The van der Waals surface area contributed by atoms with Gasteiger partial charge in [0, 0.05) is 6.54 Å². The van der Waals surface area contributed by atoms with Gasteiger partial charge in [0.15, 0.2) is 0 Å². The smallest absolute Gasteiger partial charge is 0.241 e. The lowest BCUT2D eigenvalue weighted by Gasteiger charge is -2.28. The first-order valence-corrected chi connectivity index (χ1v) is 7.73. The fourth-order valence-corrected chi connectivity index (χ4v) is 3.52. The highest BCUT2D eigenvalue weighted by Gasteiger charge is 2.39. The maximum absolute atomic E-state index is 12.4. The molecule has 104 valence electrons. The van der Waals surface area contributed by atoms with E-state index in [2.05, 4.69) is 31.0 Å². The van der Waals surface area contributed by atoms with Crippen molar-refractivity contribution in [2.45, 2.75) is 71.5 Å². The Bertz CT molecular complexity index is 292. The second-order valence-corrected chi connectivity index (χ2v) is 6.09. The Morgan fingerprint density at radius 3 is 2.67 bits per heavy atom. The summed E-state index contributed by atoms with van der Waals surface area (Å²) in [4.78, 5) is 14.5. The number of hydrogen-bond acceptors (Lipinski definition) is 2. The summed E-state index contributed by atoms with van der Waals surface area (Å²) in [5, 5.41) is 3.51. The summed E-state index contributed by atoms with van der Waals surface area (Å²) < 4.78 is 0. The van der Waals surface area contributed by atoms with Crippen LogP contribution in [0.3, 0.4) is 0 Å². The molecule has 0 radical (unpaired) electrons. The third-order valence-electron chi connectivity index (χ3n) is 4.79. The monoisotopic (exact) mass is 252 g/mol. The second kappa shape index (κ2) is 6.05. The third-order valence-corrected chi connectivity index (χ3v) is 4.79. The highest BCUT2D eigenvalue weighted by molar-refractivity contribution is 5.84. The molecule has 4 unspecified atom stereocenters. The summed E-state index contributed by atoms with van der Waals surface area (Å²) in [6.45, 7) is 7.62. The molecule has 0 aromatic rings. The molecule has 1 saturated carbocycles. The van der Waals surface area contributed by atoms with Crippen LogP contribution in [-0.2, 0) is 4.79 Å². The summed E-state index contributed by atoms with van der Waals surface area (Å²) in [6, 6.07) is 0.0678. The Hall–Kier alpha value is -0.570. The zero-order valence-electron chi connectivity index (χ0n) is 12.1. The van der Waals surface area contributed by atoms with Crippen molar-refractivity contribution < 1.29 is 4.79 Å². The van der Waals surface area contributed by atoms with E-state index in [0.29, 0.717) is 12.1 Å². The van der Waals surface area contributed by atoms with E-state index in [9.17, 15) is 4.79 Å². The van der Waals surface area contributed by atoms with Gasteiger partial charge in [-0.3, -0.25) is 10.1 Å². The van der Waals surface area contributed by atoms with E-state index in [-0.39, 0.29) is 6.04 Å². The van der Waals surface area contributed by atoms with Gasteiger partial charge in [0.25, 0.3) is 0 Å². The van der Waals surface area contributed by atoms with Gasteiger partial charge in [0.05, 0.1) is 12.2 Å². The van der Waals surface area contributed by atoms with Crippen LogP contribution >= 0.6 is 0 Å². The molecule has 0 aromatic heterocycles. The molecular formula is C15H28N2O. The fraction of sp³-hybridized carbons (Fsp3) is 0.933. The number of rotatable bonds is 5. The van der Waals surface area contributed by atoms with Gasteiger partial charge in [-0.1, -0.05) is 40.0 Å². The van der Waals surface area contributed by atoms with E-state index in [0.717, 1.165) is 37.6 Å². The molecule has 0 aromatic carbocycles. The molecular weight excluding hydrogens is 224 g/mol. The number of amides is 1. The predicted octanol–water partition coefficient (Wildman–Crippen LogP) is 2.76. The summed E-state index contributed by atoms with van der Waals surface area (Å²) in [7, 11) is 0. The van der Waals surface area contributed by atoms with Crippen LogP contribution in [0.25, 0.3) is 0 Å². The zero-order valence-corrected chi connectivity index (χ0v) is 12.1. The van der Waals surface area contributed by atoms with Crippen molar-refractivity contribution in [1.29, 1.82) is 0 Å². The van der Waals surface area contributed by atoms with Crippen LogP contribution in [0, 0.1) is 11.8 Å². The lowest BCUT2D eigenvalue weighted by Crippen LogP contribution is -2.40. The quantitative estimate of drug-likeness (QED) is 0.816. The van der Waals surface area contributed by atoms with Crippen LogP contribution < -0.4 is 5.32 Å². The second-order valence-electron chi connectivity index (χ2n) is 6.09. The molecule has 1 heterocycles. The van der Waals surface area contributed by atoms with Crippen LogP contribution in [0.5, 0.6) is 0 Å². The molecule has 1 amide bonds. The average molecular weight is 252 g/mol. The van der Waals surface area contributed by atoms with E-state index in [4.69, 9.17) is 0 Å². The summed E-state index contributed by atoms with van der Waals surface area (Å²) in [5.41, 5.74) is 0. The Morgan fingerprint density at radius 1 is 1.33 bits per heavy atom. The molecule has 1 N–H and O–H groups in total. The van der Waals surface area contributed by atoms with Crippen molar-refractivity contribution in [3.8, 4) is 0 Å². The first-order valence-electron chi connectivity index (χ1n) is 7.73. The number of carbonyl (C=O) groups excluding carboxylic acids is 1. The number of nitrogens with one attached hydrogen (secondary N) is 1. The number of hydrogen-bond donors (Lipinski definition) is 1. The van der Waals surface area contributed by atoms with Gasteiger partial charge in [-0.15, -0.1) is 0 Å². The van der Waals surface area contributed by atoms with Crippen molar-refractivity contribution in [1.82, 2.24) is 10.2 Å². The molecule has 0 spiro atoms. The first-order chi connectivity index (χ1) is 8.67. The van der Waals surface area contributed by atoms with E-state index in [1.807, 2.05) is 0 Å². The lowest BCUT2D eigenvalue weighted by molar-refractivity contribution is -0.130. The zero-order chi connectivity index (χ0) is 13.1. The standard InChI is InChI=1S/C15H28N2O/c1-4-7-14-16-13(5-2)15(18)17(14)10-12-9-6-8-11(12)3/h11-14,16H,4-10H2,1-3H3. The minimum absolute atomic E-state index is 0.0678. The lowest BCUT2D eigenvalue weighted by atomic mass is 9.97. The first kappa shape index (κ1) is 13.9. The normalized spacial score (nSPS) is 36.6. The Balaban J connectivity index is 2.00. The molecule has 1 saturated heterocycles. The maximum Gasteiger partial charge on any atom is 0.241 e. The Kier molecular flexibility index (Phi) is 4.66. The highest BCUT2D eigenvalue weighted by Crippen LogP contribution is 2.33. The van der Waals surface area contributed by atoms with Crippen molar-refractivity contribution >= 4 is 5.91 Å². The van der Waals surface area contributed by atoms with Crippen LogP contribution in [0.1, 0.15) is 59.3 Å². The molecule has 1 aliphatic carbocycles. The molecule has 1 aliphatic heterocycles. The fourth-order valence-electron chi connectivity index (χ4n) is 3.52. The van der Waals surface area contributed by atoms with Crippen LogP contribution in [-0.4, -0.2) is 29.6 Å². The van der Waals surface area contributed by atoms with Gasteiger partial charge in [0.1, 0.15) is 0 Å². The van der Waals surface area contributed by atoms with E-state index in [1.54, 1.807) is 0 Å². The SMILES string of the molecule is CCCC1NC(CC)C(=O)N1CC1CCCC1C. The van der Waals surface area contributed by atoms with Gasteiger partial charge >= 0.3 is 0 Å². The molecule has 2 fully saturated rings. The van der Waals surface area contributed by atoms with E-state index >= 15 is 0 Å². The minimum atomic E-state index is 0.0678. The summed E-state index contributed by atoms with van der Waals surface area (Å²) in [5.74, 6) is 1.86. The van der Waals surface area contributed by atoms with E-state index < -0.39 is 0 Å². The predicted molar refractivity (Wildman–Crippen MR) is 74.1 cm³/mol. The van der Waals surface area contributed by atoms with Crippen molar-refractivity contribution in [3.05, 3.63) is 0 Å². The van der Waals surface area contributed by atoms with Gasteiger partial charge in [-0.2, -0.15) is 0 Å². The van der Waals surface area contributed by atoms with Crippen LogP contribution in [0.4, 0.5) is 0 Å². The molecule has 18 heavy (non-hydrogen) atoms. The summed E-state index contributed by atoms with van der Waals surface area (Å²) >= 11 is 0. The number of carbonyl (C=O) groups is 1. The van der Waals surface area contributed by atoms with Gasteiger partial charge < -0.3 is 4.90 Å². The molecule has 3 nitrogen and oxygen atoms in total. The largest absolute Gasteiger partial charge is 0.326 e. The molecule has 2 aliphatic rings. The Morgan fingerprint density at radius 2 is 2.11 bits per heavy atom. The average Bonchev–Trinajstić information content (AvgIpc) is 2.88. The van der Waals surface area contributed by atoms with Crippen LogP contribution in [0.2, 0.25) is 0 Å². The van der Waals surface area contributed by atoms with Crippen molar-refractivity contribution in [2.24, 2.45) is 11.8 Å². The van der Waals surface area contributed by atoms with Crippen LogP contribution in [0.15, 0.2) is 0 Å². The third kappa shape index (κ3) is 2.71.